The smallest absolute Gasteiger partial charge is 0.239 e. The molecule has 3 heterocycles. The summed E-state index contributed by atoms with van der Waals surface area (Å²) in [7, 11) is 2.23. The van der Waals surface area contributed by atoms with E-state index in [2.05, 4.69) is 22.2 Å². The first kappa shape index (κ1) is 12.4. The van der Waals surface area contributed by atoms with Gasteiger partial charge in [-0.05, 0) is 45.7 Å². The van der Waals surface area contributed by atoms with Crippen molar-refractivity contribution in [3.63, 3.8) is 0 Å². The summed E-state index contributed by atoms with van der Waals surface area (Å²) in [6.45, 7) is 2.92. The number of hydrogen-bond donors (Lipinski definition) is 1. The Labute approximate surface area is 110 Å². The van der Waals surface area contributed by atoms with Crippen LogP contribution < -0.4 is 5.32 Å². The molecule has 18 heavy (non-hydrogen) atoms. The van der Waals surface area contributed by atoms with Crippen LogP contribution in [0.1, 0.15) is 38.5 Å². The highest BCUT2D eigenvalue weighted by Gasteiger charge is 2.37. The molecule has 102 valence electrons. The number of piperidine rings is 1. The van der Waals surface area contributed by atoms with Crippen LogP contribution in [0.5, 0.6) is 0 Å². The van der Waals surface area contributed by atoms with Crippen molar-refractivity contribution >= 4 is 5.91 Å². The van der Waals surface area contributed by atoms with Gasteiger partial charge >= 0.3 is 0 Å². The first-order valence-electron chi connectivity index (χ1n) is 7.50. The second kappa shape index (κ2) is 5.17. The Morgan fingerprint density at radius 2 is 1.94 bits per heavy atom. The predicted molar refractivity (Wildman–Crippen MR) is 71.4 cm³/mol. The van der Waals surface area contributed by atoms with Gasteiger partial charge in [0.2, 0.25) is 5.91 Å². The molecule has 1 amide bonds. The Balaban J connectivity index is 1.63. The molecule has 3 fully saturated rings. The summed E-state index contributed by atoms with van der Waals surface area (Å²) in [6.07, 6.45) is 7.19. The van der Waals surface area contributed by atoms with E-state index < -0.39 is 0 Å². The minimum absolute atomic E-state index is 0.0979. The molecule has 3 rings (SSSR count). The monoisotopic (exact) mass is 251 g/mol. The first-order valence-corrected chi connectivity index (χ1v) is 7.50. The quantitative estimate of drug-likeness (QED) is 0.749. The number of likely N-dealkylation sites (tertiary alicyclic amines) is 1. The Morgan fingerprint density at radius 1 is 1.11 bits per heavy atom. The summed E-state index contributed by atoms with van der Waals surface area (Å²) in [4.78, 5) is 17.2. The highest BCUT2D eigenvalue weighted by atomic mass is 16.2. The summed E-state index contributed by atoms with van der Waals surface area (Å²) in [5, 5.41) is 3.39. The third-order valence-electron chi connectivity index (χ3n) is 5.07. The normalized spacial score (nSPS) is 37.6. The number of carbonyl (C=O) groups excluding carboxylic acids is 1. The molecule has 3 atom stereocenters. The lowest BCUT2D eigenvalue weighted by Crippen LogP contribution is -2.50. The van der Waals surface area contributed by atoms with Crippen LogP contribution in [0.4, 0.5) is 0 Å². The van der Waals surface area contributed by atoms with Crippen molar-refractivity contribution in [2.75, 3.05) is 26.7 Å². The second-order valence-corrected chi connectivity index (χ2v) is 6.13. The maximum Gasteiger partial charge on any atom is 0.239 e. The Hall–Kier alpha value is -0.610. The molecule has 0 saturated carbocycles. The average Bonchev–Trinajstić information content (AvgIpc) is 2.64. The molecule has 0 aromatic carbocycles. The summed E-state index contributed by atoms with van der Waals surface area (Å²) < 4.78 is 0. The van der Waals surface area contributed by atoms with Crippen LogP contribution in [-0.4, -0.2) is 60.5 Å². The fourth-order valence-corrected chi connectivity index (χ4v) is 3.79. The van der Waals surface area contributed by atoms with E-state index in [-0.39, 0.29) is 6.04 Å². The van der Waals surface area contributed by atoms with E-state index in [4.69, 9.17) is 0 Å². The lowest BCUT2D eigenvalue weighted by Gasteiger charge is -2.31. The topological polar surface area (TPSA) is 35.6 Å². The maximum absolute atomic E-state index is 12.5. The van der Waals surface area contributed by atoms with Gasteiger partial charge in [-0.2, -0.15) is 0 Å². The van der Waals surface area contributed by atoms with Crippen LogP contribution in [0.2, 0.25) is 0 Å². The summed E-state index contributed by atoms with van der Waals surface area (Å²) in [5.41, 5.74) is 0. The zero-order valence-electron chi connectivity index (χ0n) is 11.4. The van der Waals surface area contributed by atoms with Crippen molar-refractivity contribution in [2.45, 2.75) is 56.7 Å². The first-order chi connectivity index (χ1) is 8.75. The summed E-state index contributed by atoms with van der Waals surface area (Å²) in [5.74, 6) is 0.357. The standard InChI is InChI=1S/C14H25N3O/c1-16-11-5-6-12(16)10-17(9-7-11)14(18)13-4-2-3-8-15-13/h11-13,15H,2-10H2,1H3/t11?,12?,13-/m1/s1. The van der Waals surface area contributed by atoms with E-state index in [1.54, 1.807) is 0 Å². The van der Waals surface area contributed by atoms with E-state index in [0.29, 0.717) is 18.0 Å². The molecule has 1 N–H and O–H groups in total. The molecule has 0 aromatic rings. The van der Waals surface area contributed by atoms with Crippen molar-refractivity contribution in [1.82, 2.24) is 15.1 Å². The van der Waals surface area contributed by atoms with Crippen LogP contribution in [0, 0.1) is 0 Å². The van der Waals surface area contributed by atoms with Crippen LogP contribution >= 0.6 is 0 Å². The molecule has 4 heteroatoms. The SMILES string of the molecule is CN1C2CCC1CN(C(=O)[C@H]1CCCCN1)CC2. The zero-order chi connectivity index (χ0) is 12.5. The maximum atomic E-state index is 12.5. The number of nitrogens with zero attached hydrogens (tertiary/aromatic N) is 2. The Morgan fingerprint density at radius 3 is 2.72 bits per heavy atom. The lowest BCUT2D eigenvalue weighted by atomic mass is 10.0. The van der Waals surface area contributed by atoms with Crippen molar-refractivity contribution in [3.8, 4) is 0 Å². The van der Waals surface area contributed by atoms with Gasteiger partial charge in [0.1, 0.15) is 0 Å². The van der Waals surface area contributed by atoms with Crippen LogP contribution in [-0.2, 0) is 4.79 Å². The highest BCUT2D eigenvalue weighted by molar-refractivity contribution is 5.82. The van der Waals surface area contributed by atoms with E-state index >= 15 is 0 Å². The third kappa shape index (κ3) is 2.28. The second-order valence-electron chi connectivity index (χ2n) is 6.13. The molecule has 0 aromatic heterocycles. The van der Waals surface area contributed by atoms with Gasteiger partial charge in [0, 0.05) is 25.2 Å². The largest absolute Gasteiger partial charge is 0.340 e. The third-order valence-corrected chi connectivity index (χ3v) is 5.07. The molecule has 2 bridgehead atoms. The number of rotatable bonds is 1. The van der Waals surface area contributed by atoms with Crippen molar-refractivity contribution in [2.24, 2.45) is 0 Å². The van der Waals surface area contributed by atoms with Gasteiger partial charge < -0.3 is 10.2 Å². The number of fused-ring (bicyclic) bond motifs is 2. The van der Waals surface area contributed by atoms with E-state index in [9.17, 15) is 4.79 Å². The van der Waals surface area contributed by atoms with Crippen molar-refractivity contribution < 1.29 is 4.79 Å². The van der Waals surface area contributed by atoms with Gasteiger partial charge in [0.05, 0.1) is 6.04 Å². The van der Waals surface area contributed by atoms with Crippen molar-refractivity contribution in [1.29, 1.82) is 0 Å². The lowest BCUT2D eigenvalue weighted by molar-refractivity contribution is -0.134. The number of carbonyl (C=O) groups is 1. The van der Waals surface area contributed by atoms with Gasteiger partial charge in [-0.25, -0.2) is 0 Å². The fraction of sp³-hybridized carbons (Fsp3) is 0.929. The van der Waals surface area contributed by atoms with Crippen LogP contribution in [0.15, 0.2) is 0 Å². The van der Waals surface area contributed by atoms with E-state index in [1.165, 1.54) is 25.7 Å². The molecular formula is C14H25N3O. The summed E-state index contributed by atoms with van der Waals surface area (Å²) in [6, 6.07) is 1.41. The Kier molecular flexibility index (Phi) is 3.57. The number of nitrogens with one attached hydrogen (secondary N) is 1. The molecule has 3 aliphatic heterocycles. The van der Waals surface area contributed by atoms with Gasteiger partial charge in [-0.1, -0.05) is 6.42 Å². The minimum Gasteiger partial charge on any atom is -0.340 e. The van der Waals surface area contributed by atoms with Crippen LogP contribution in [0.25, 0.3) is 0 Å². The molecule has 3 aliphatic rings. The minimum atomic E-state index is 0.0979. The predicted octanol–water partition coefficient (Wildman–Crippen LogP) is 0.824. The van der Waals surface area contributed by atoms with Gasteiger partial charge in [0.25, 0.3) is 0 Å². The number of likely N-dealkylation sites (N-methyl/N-ethyl adjacent to an activating group) is 1. The molecule has 3 saturated heterocycles. The molecule has 0 aliphatic carbocycles. The molecule has 2 unspecified atom stereocenters. The molecular weight excluding hydrogens is 226 g/mol. The molecule has 4 nitrogen and oxygen atoms in total. The fourth-order valence-electron chi connectivity index (χ4n) is 3.79. The highest BCUT2D eigenvalue weighted by Crippen LogP contribution is 2.28. The summed E-state index contributed by atoms with van der Waals surface area (Å²) >= 11 is 0. The van der Waals surface area contributed by atoms with Gasteiger partial charge in [-0.3, -0.25) is 9.69 Å². The van der Waals surface area contributed by atoms with Crippen molar-refractivity contribution in [3.05, 3.63) is 0 Å². The van der Waals surface area contributed by atoms with Gasteiger partial charge in [-0.15, -0.1) is 0 Å². The Bertz CT molecular complexity index is 314. The van der Waals surface area contributed by atoms with E-state index in [1.807, 2.05) is 0 Å². The molecule has 0 spiro atoms. The van der Waals surface area contributed by atoms with Gasteiger partial charge in [0.15, 0.2) is 0 Å². The number of amides is 1. The van der Waals surface area contributed by atoms with Crippen LogP contribution in [0.3, 0.4) is 0 Å². The zero-order valence-corrected chi connectivity index (χ0v) is 11.4. The molecule has 0 radical (unpaired) electrons. The average molecular weight is 251 g/mol. The number of hydrogen-bond acceptors (Lipinski definition) is 3. The van der Waals surface area contributed by atoms with E-state index in [0.717, 1.165) is 32.5 Å².